The summed E-state index contributed by atoms with van der Waals surface area (Å²) in [7, 11) is 0. The maximum Gasteiger partial charge on any atom is 0.508 e. The van der Waals surface area contributed by atoms with Crippen LogP contribution in [0.3, 0.4) is 0 Å². The molecule has 12 nitrogen and oxygen atoms in total. The van der Waals surface area contributed by atoms with Crippen molar-refractivity contribution < 1.29 is 38.4 Å². The van der Waals surface area contributed by atoms with Crippen LogP contribution in [0.5, 0.6) is 0 Å². The highest BCUT2D eigenvalue weighted by Crippen LogP contribution is 2.39. The number of nitrogens with zero attached hydrogens (tertiary/aromatic N) is 4. The molecule has 0 unspecified atom stereocenters. The molecule has 1 fully saturated rings. The van der Waals surface area contributed by atoms with Crippen LogP contribution in [-0.2, 0) is 14.2 Å². The number of hydrogen-bond acceptors (Lipinski definition) is 9. The minimum atomic E-state index is -1.68. The zero-order valence-corrected chi connectivity index (χ0v) is 15.0. The number of carboxylic acid groups (broad SMARTS) is 1. The Labute approximate surface area is 162 Å². The van der Waals surface area contributed by atoms with Crippen LogP contribution in [0.25, 0.3) is 11.2 Å². The number of rotatable bonds is 5. The first kappa shape index (κ1) is 20.2. The van der Waals surface area contributed by atoms with Gasteiger partial charge in [-0.15, -0.1) is 6.42 Å². The van der Waals surface area contributed by atoms with Crippen molar-refractivity contribution in [3.8, 4) is 12.3 Å². The Morgan fingerprint density at radius 3 is 2.93 bits per heavy atom. The van der Waals surface area contributed by atoms with Crippen molar-refractivity contribution in [1.82, 2.24) is 19.5 Å². The van der Waals surface area contributed by atoms with Gasteiger partial charge in [-0.1, -0.05) is 5.92 Å². The Bertz CT molecular complexity index is 990. The molecule has 154 valence electrons. The number of carbonyl (C=O) groups is 2. The Balaban J connectivity index is 1.97. The molecule has 29 heavy (non-hydrogen) atoms. The van der Waals surface area contributed by atoms with Gasteiger partial charge in [0.25, 0.3) is 0 Å². The molecule has 13 heteroatoms. The number of fused-ring (bicyclic) bond motifs is 1. The van der Waals surface area contributed by atoms with E-state index < -0.39 is 42.9 Å². The molecular formula is C16H16FN5O7. The molecule has 1 aliphatic rings. The van der Waals surface area contributed by atoms with Gasteiger partial charge < -0.3 is 24.4 Å². The quantitative estimate of drug-likeness (QED) is 0.368. The van der Waals surface area contributed by atoms with Crippen molar-refractivity contribution in [2.75, 3.05) is 18.5 Å². The predicted octanol–water partition coefficient (Wildman–Crippen LogP) is 0.880. The van der Waals surface area contributed by atoms with Crippen LogP contribution in [0.2, 0.25) is 0 Å². The number of carbonyl (C=O) groups excluding carboxylic acids is 1. The van der Waals surface area contributed by atoms with Crippen molar-refractivity contribution in [1.29, 1.82) is 0 Å². The van der Waals surface area contributed by atoms with Gasteiger partial charge in [-0.05, 0) is 6.92 Å². The molecule has 0 aliphatic carbocycles. The molecule has 0 saturated carbocycles. The third kappa shape index (κ3) is 3.75. The highest BCUT2D eigenvalue weighted by Gasteiger charge is 2.51. The fourth-order valence-electron chi connectivity index (χ4n) is 2.92. The Kier molecular flexibility index (Phi) is 5.48. The van der Waals surface area contributed by atoms with E-state index >= 15 is 0 Å². The van der Waals surface area contributed by atoms with Crippen molar-refractivity contribution in [2.45, 2.75) is 31.3 Å². The van der Waals surface area contributed by atoms with Crippen molar-refractivity contribution in [2.24, 2.45) is 0 Å². The second kappa shape index (κ2) is 7.86. The van der Waals surface area contributed by atoms with Gasteiger partial charge in [0.1, 0.15) is 6.23 Å². The number of hydrogen-bond donors (Lipinski definition) is 3. The van der Waals surface area contributed by atoms with Crippen molar-refractivity contribution in [3.63, 3.8) is 0 Å². The lowest BCUT2D eigenvalue weighted by atomic mass is 9.99. The van der Waals surface area contributed by atoms with Gasteiger partial charge in [0, 0.05) is 6.42 Å². The summed E-state index contributed by atoms with van der Waals surface area (Å²) < 4.78 is 30.7. The number of ether oxygens (including phenoxy) is 3. The van der Waals surface area contributed by atoms with Gasteiger partial charge in [-0.3, -0.25) is 9.88 Å². The first-order valence-electron chi connectivity index (χ1n) is 8.33. The lowest BCUT2D eigenvalue weighted by Gasteiger charge is -2.26. The largest absolute Gasteiger partial charge is 0.508 e. The predicted molar refractivity (Wildman–Crippen MR) is 92.2 cm³/mol. The number of aromatic nitrogens is 4. The number of aliphatic hydroxyl groups is 1. The van der Waals surface area contributed by atoms with Gasteiger partial charge >= 0.3 is 18.3 Å². The van der Waals surface area contributed by atoms with Gasteiger partial charge in [0.2, 0.25) is 0 Å². The molecule has 0 spiro atoms. The lowest BCUT2D eigenvalue weighted by molar-refractivity contribution is -0.0973. The average Bonchev–Trinajstić information content (AvgIpc) is 3.23. The summed E-state index contributed by atoms with van der Waals surface area (Å²) in [6.45, 7) is 0.982. The summed E-state index contributed by atoms with van der Waals surface area (Å²) in [5, 5.41) is 20.6. The van der Waals surface area contributed by atoms with E-state index in [9.17, 15) is 19.1 Å². The first-order chi connectivity index (χ1) is 13.8. The van der Waals surface area contributed by atoms with Crippen molar-refractivity contribution in [3.05, 3.63) is 12.4 Å². The molecule has 0 radical (unpaired) electrons. The Morgan fingerprint density at radius 1 is 1.55 bits per heavy atom. The number of nitrogens with one attached hydrogen (secondary N) is 1. The number of amides is 1. The van der Waals surface area contributed by atoms with Gasteiger partial charge in [0.05, 0.1) is 19.5 Å². The second-order valence-corrected chi connectivity index (χ2v) is 5.89. The van der Waals surface area contributed by atoms with Crippen LogP contribution in [0.15, 0.2) is 6.33 Å². The topological polar surface area (TPSA) is 158 Å². The molecule has 3 rings (SSSR count). The first-order valence-corrected chi connectivity index (χ1v) is 8.33. The number of halogens is 1. The monoisotopic (exact) mass is 409 g/mol. The van der Waals surface area contributed by atoms with Crippen LogP contribution < -0.4 is 5.32 Å². The maximum absolute atomic E-state index is 13.8. The molecule has 0 bridgehead atoms. The van der Waals surface area contributed by atoms with Gasteiger partial charge in [0.15, 0.2) is 28.7 Å². The molecule has 0 aromatic carbocycles. The number of anilines is 1. The van der Waals surface area contributed by atoms with Crippen LogP contribution in [0, 0.1) is 18.4 Å². The maximum atomic E-state index is 13.8. The van der Waals surface area contributed by atoms with E-state index in [1.165, 1.54) is 10.9 Å². The minimum absolute atomic E-state index is 0.0393. The van der Waals surface area contributed by atoms with E-state index in [4.69, 9.17) is 25.7 Å². The fourth-order valence-corrected chi connectivity index (χ4v) is 2.92. The van der Waals surface area contributed by atoms with Gasteiger partial charge in [-0.25, -0.2) is 14.6 Å². The van der Waals surface area contributed by atoms with E-state index in [0.717, 1.165) is 0 Å². The van der Waals surface area contributed by atoms with E-state index in [1.807, 2.05) is 5.32 Å². The second-order valence-electron chi connectivity index (χ2n) is 5.89. The lowest BCUT2D eigenvalue weighted by Crippen LogP contribution is -2.44. The number of aliphatic hydroxyl groups excluding tert-OH is 1. The summed E-state index contributed by atoms with van der Waals surface area (Å²) >= 11 is 0. The molecule has 1 aliphatic heterocycles. The molecule has 3 atom stereocenters. The summed E-state index contributed by atoms with van der Waals surface area (Å²) in [5.41, 5.74) is -1.81. The van der Waals surface area contributed by atoms with Crippen LogP contribution in [0.1, 0.15) is 19.6 Å². The molecule has 2 aromatic heterocycles. The summed E-state index contributed by atoms with van der Waals surface area (Å²) in [5.74, 6) is 1.92. The zero-order chi connectivity index (χ0) is 21.2. The fraction of sp³-hybridized carbons (Fsp3) is 0.438. The van der Waals surface area contributed by atoms with E-state index in [0.29, 0.717) is 0 Å². The SMILES string of the molecule is C#C[C@]1(CO)O[C@@H](n2cnc3c(NC(=O)O)nc(F)nc32)C[C@@H]1OC(=O)OCC. The molecule has 3 heterocycles. The standard InChI is InChI=1S/C16H16FN5O7/c1-3-16(6-23)8(28-15(26)27-4-2)5-9(29-16)22-7-18-10-11(20-14(24)25)19-13(17)21-12(10)22/h1,7-9,23H,4-6H2,2H3,(H,24,25)(H,19,20,21)/t8-,9+,16+/m0/s1. The van der Waals surface area contributed by atoms with Crippen molar-refractivity contribution >= 4 is 29.2 Å². The van der Waals surface area contributed by atoms with Crippen LogP contribution >= 0.6 is 0 Å². The summed E-state index contributed by atoms with van der Waals surface area (Å²) in [6.07, 6.45) is 0.960. The van der Waals surface area contributed by atoms with E-state index in [-0.39, 0.29) is 30.0 Å². The van der Waals surface area contributed by atoms with E-state index in [1.54, 1.807) is 6.92 Å². The van der Waals surface area contributed by atoms with Gasteiger partial charge in [-0.2, -0.15) is 14.4 Å². The minimum Gasteiger partial charge on any atom is -0.465 e. The Morgan fingerprint density at radius 2 is 2.31 bits per heavy atom. The summed E-state index contributed by atoms with van der Waals surface area (Å²) in [6, 6.07) is 0. The third-order valence-electron chi connectivity index (χ3n) is 4.19. The zero-order valence-electron chi connectivity index (χ0n) is 15.0. The molecule has 1 saturated heterocycles. The van der Waals surface area contributed by atoms with Crippen LogP contribution in [0.4, 0.5) is 19.8 Å². The molecular weight excluding hydrogens is 393 g/mol. The Hall–Kier alpha value is -3.50. The third-order valence-corrected chi connectivity index (χ3v) is 4.19. The number of terminal acetylenes is 1. The summed E-state index contributed by atoms with van der Waals surface area (Å²) in [4.78, 5) is 33.6. The molecule has 3 N–H and O–H groups in total. The van der Waals surface area contributed by atoms with E-state index in [2.05, 4.69) is 20.9 Å². The molecule has 1 amide bonds. The molecule has 2 aromatic rings. The normalized spacial score (nSPS) is 23.5. The number of imidazole rings is 1. The van der Waals surface area contributed by atoms with Crippen LogP contribution in [-0.4, -0.2) is 66.9 Å². The highest BCUT2D eigenvalue weighted by molar-refractivity contribution is 5.92. The smallest absolute Gasteiger partial charge is 0.465 e. The average molecular weight is 409 g/mol. The highest BCUT2D eigenvalue weighted by atomic mass is 19.1.